The summed E-state index contributed by atoms with van der Waals surface area (Å²) in [6.07, 6.45) is 0. The molecule has 4 heteroatoms. The van der Waals surface area contributed by atoms with Crippen molar-refractivity contribution in [1.82, 2.24) is 0 Å². The quantitative estimate of drug-likeness (QED) is 0.633. The van der Waals surface area contributed by atoms with Gasteiger partial charge in [-0.3, -0.25) is 0 Å². The van der Waals surface area contributed by atoms with Gasteiger partial charge in [-0.1, -0.05) is 18.2 Å². The minimum Gasteiger partial charge on any atom is -0.398 e. The van der Waals surface area contributed by atoms with E-state index in [1.165, 1.54) is 10.1 Å². The second-order valence-corrected chi connectivity index (χ2v) is 5.21. The van der Waals surface area contributed by atoms with E-state index >= 15 is 0 Å². The molecule has 0 aliphatic rings. The first-order valence-electron chi connectivity index (χ1n) is 5.85. The second-order valence-electron chi connectivity index (χ2n) is 4.16. The van der Waals surface area contributed by atoms with Crippen LogP contribution in [0.4, 0.5) is 11.4 Å². The van der Waals surface area contributed by atoms with Crippen LogP contribution in [-0.4, -0.2) is 18.3 Å². The zero-order chi connectivity index (χ0) is 12.5. The summed E-state index contributed by atoms with van der Waals surface area (Å²) >= 11 is 1.73. The fourth-order valence-electron chi connectivity index (χ4n) is 2.18. The van der Waals surface area contributed by atoms with Crippen LogP contribution < -0.4 is 11.1 Å². The molecule has 0 unspecified atom stereocenters. The van der Waals surface area contributed by atoms with Crippen molar-refractivity contribution in [3.63, 3.8) is 0 Å². The normalized spacial score (nSPS) is 11.2. The minimum atomic E-state index is 0.122. The lowest BCUT2D eigenvalue weighted by Crippen LogP contribution is -2.05. The van der Waals surface area contributed by atoms with E-state index in [4.69, 9.17) is 10.8 Å². The Morgan fingerprint density at radius 2 is 2.00 bits per heavy atom. The summed E-state index contributed by atoms with van der Waals surface area (Å²) in [6.45, 7) is 0.671. The first kappa shape index (κ1) is 11.3. The van der Waals surface area contributed by atoms with Gasteiger partial charge in [0.25, 0.3) is 0 Å². The van der Waals surface area contributed by atoms with Gasteiger partial charge in [-0.05, 0) is 18.2 Å². The largest absolute Gasteiger partial charge is 0.398 e. The van der Waals surface area contributed by atoms with Crippen molar-refractivity contribution in [1.29, 1.82) is 0 Å². The predicted octanol–water partition coefficient (Wildman–Crippen LogP) is 3.04. The number of anilines is 2. The van der Waals surface area contributed by atoms with Gasteiger partial charge in [0.1, 0.15) is 0 Å². The molecule has 0 atom stereocenters. The van der Waals surface area contributed by atoms with E-state index in [1.807, 2.05) is 24.3 Å². The Morgan fingerprint density at radius 3 is 2.83 bits per heavy atom. The Bertz CT molecular complexity index is 705. The van der Waals surface area contributed by atoms with Crippen molar-refractivity contribution in [3.8, 4) is 0 Å². The number of fused-ring (bicyclic) bond motifs is 3. The SMILES string of the molecule is Nc1ccc(NCCO)c2sc3ccccc3c12. The van der Waals surface area contributed by atoms with E-state index in [1.54, 1.807) is 11.3 Å². The summed E-state index contributed by atoms with van der Waals surface area (Å²) in [7, 11) is 0. The maximum atomic E-state index is 8.91. The molecule has 0 radical (unpaired) electrons. The van der Waals surface area contributed by atoms with Gasteiger partial charge in [0.05, 0.1) is 17.0 Å². The number of nitrogens with two attached hydrogens (primary N) is 1. The summed E-state index contributed by atoms with van der Waals surface area (Å²) < 4.78 is 2.39. The molecule has 0 aliphatic heterocycles. The molecule has 0 spiro atoms. The summed E-state index contributed by atoms with van der Waals surface area (Å²) in [5.41, 5.74) is 7.93. The van der Waals surface area contributed by atoms with Crippen LogP contribution in [0.2, 0.25) is 0 Å². The zero-order valence-corrected chi connectivity index (χ0v) is 10.6. The highest BCUT2D eigenvalue weighted by Crippen LogP contribution is 2.41. The topological polar surface area (TPSA) is 58.3 Å². The smallest absolute Gasteiger partial charge is 0.0607 e. The molecule has 3 aromatic rings. The van der Waals surface area contributed by atoms with Crippen molar-refractivity contribution in [2.45, 2.75) is 0 Å². The fourth-order valence-corrected chi connectivity index (χ4v) is 3.41. The molecule has 18 heavy (non-hydrogen) atoms. The van der Waals surface area contributed by atoms with E-state index in [2.05, 4.69) is 17.4 Å². The molecule has 0 amide bonds. The molecule has 0 saturated heterocycles. The third-order valence-electron chi connectivity index (χ3n) is 2.99. The van der Waals surface area contributed by atoms with Gasteiger partial charge in [0.2, 0.25) is 0 Å². The van der Waals surface area contributed by atoms with Crippen LogP contribution in [0.5, 0.6) is 0 Å². The molecule has 3 rings (SSSR count). The van der Waals surface area contributed by atoms with E-state index in [0.29, 0.717) is 6.54 Å². The average molecular weight is 258 g/mol. The number of hydrogen-bond acceptors (Lipinski definition) is 4. The Labute approximate surface area is 109 Å². The van der Waals surface area contributed by atoms with Gasteiger partial charge < -0.3 is 16.2 Å². The van der Waals surface area contributed by atoms with E-state index in [0.717, 1.165) is 21.5 Å². The Kier molecular flexibility index (Phi) is 2.81. The average Bonchev–Trinajstić information content (AvgIpc) is 2.78. The highest BCUT2D eigenvalue weighted by molar-refractivity contribution is 7.26. The monoisotopic (exact) mass is 258 g/mol. The maximum Gasteiger partial charge on any atom is 0.0607 e. The van der Waals surface area contributed by atoms with Crippen LogP contribution in [0.1, 0.15) is 0 Å². The van der Waals surface area contributed by atoms with E-state index in [9.17, 15) is 0 Å². The maximum absolute atomic E-state index is 8.91. The molecule has 0 bridgehead atoms. The Morgan fingerprint density at radius 1 is 1.17 bits per heavy atom. The summed E-state index contributed by atoms with van der Waals surface area (Å²) in [5.74, 6) is 0. The molecule has 2 aromatic carbocycles. The molecule has 92 valence electrons. The molecular formula is C14H14N2OS. The Hall–Kier alpha value is -1.78. The van der Waals surface area contributed by atoms with E-state index < -0.39 is 0 Å². The van der Waals surface area contributed by atoms with Gasteiger partial charge in [0, 0.05) is 27.7 Å². The van der Waals surface area contributed by atoms with Crippen molar-refractivity contribution < 1.29 is 5.11 Å². The number of aliphatic hydroxyl groups excluding tert-OH is 1. The second kappa shape index (κ2) is 4.48. The summed E-state index contributed by atoms with van der Waals surface area (Å²) in [4.78, 5) is 0. The molecular weight excluding hydrogens is 244 g/mol. The molecule has 0 saturated carbocycles. The number of nitrogen functional groups attached to an aromatic ring is 1. The number of rotatable bonds is 3. The van der Waals surface area contributed by atoms with Crippen LogP contribution in [0, 0.1) is 0 Å². The van der Waals surface area contributed by atoms with Gasteiger partial charge in [-0.25, -0.2) is 0 Å². The highest BCUT2D eigenvalue weighted by Gasteiger charge is 2.10. The van der Waals surface area contributed by atoms with Crippen LogP contribution >= 0.6 is 11.3 Å². The van der Waals surface area contributed by atoms with Gasteiger partial charge in [-0.15, -0.1) is 11.3 Å². The standard InChI is InChI=1S/C14H14N2OS/c15-10-5-6-11(16-7-8-17)14-13(10)9-3-1-2-4-12(9)18-14/h1-6,16-17H,7-8,15H2. The first-order chi connectivity index (χ1) is 8.81. The Balaban J connectivity index is 2.31. The van der Waals surface area contributed by atoms with Crippen LogP contribution in [0.3, 0.4) is 0 Å². The van der Waals surface area contributed by atoms with Crippen LogP contribution in [0.15, 0.2) is 36.4 Å². The predicted molar refractivity (Wildman–Crippen MR) is 79.3 cm³/mol. The van der Waals surface area contributed by atoms with Crippen molar-refractivity contribution in [2.75, 3.05) is 24.2 Å². The fraction of sp³-hybridized carbons (Fsp3) is 0.143. The lowest BCUT2D eigenvalue weighted by atomic mass is 10.1. The van der Waals surface area contributed by atoms with E-state index in [-0.39, 0.29) is 6.61 Å². The number of hydrogen-bond donors (Lipinski definition) is 3. The highest BCUT2D eigenvalue weighted by atomic mass is 32.1. The van der Waals surface area contributed by atoms with Crippen molar-refractivity contribution in [2.24, 2.45) is 0 Å². The number of thiophene rings is 1. The third kappa shape index (κ3) is 1.70. The van der Waals surface area contributed by atoms with Crippen molar-refractivity contribution >= 4 is 42.9 Å². The van der Waals surface area contributed by atoms with Crippen LogP contribution in [-0.2, 0) is 0 Å². The molecule has 1 heterocycles. The number of aliphatic hydroxyl groups is 1. The third-order valence-corrected chi connectivity index (χ3v) is 4.19. The summed E-state index contributed by atoms with van der Waals surface area (Å²) in [6, 6.07) is 12.2. The van der Waals surface area contributed by atoms with Crippen molar-refractivity contribution in [3.05, 3.63) is 36.4 Å². The molecule has 0 fully saturated rings. The zero-order valence-electron chi connectivity index (χ0n) is 9.81. The number of nitrogens with one attached hydrogen (secondary N) is 1. The molecule has 0 aliphatic carbocycles. The number of benzene rings is 2. The molecule has 1 aromatic heterocycles. The van der Waals surface area contributed by atoms with Crippen LogP contribution in [0.25, 0.3) is 20.2 Å². The first-order valence-corrected chi connectivity index (χ1v) is 6.67. The van der Waals surface area contributed by atoms with Gasteiger partial charge >= 0.3 is 0 Å². The summed E-state index contributed by atoms with van der Waals surface area (Å²) in [5, 5.41) is 14.4. The minimum absolute atomic E-state index is 0.122. The lowest BCUT2D eigenvalue weighted by molar-refractivity contribution is 0.311. The van der Waals surface area contributed by atoms with Gasteiger partial charge in [-0.2, -0.15) is 0 Å². The molecule has 3 nitrogen and oxygen atoms in total. The lowest BCUT2D eigenvalue weighted by Gasteiger charge is -2.07. The van der Waals surface area contributed by atoms with Gasteiger partial charge in [0.15, 0.2) is 0 Å². The molecule has 4 N–H and O–H groups in total.